The summed E-state index contributed by atoms with van der Waals surface area (Å²) in [6.07, 6.45) is 1.81. The van der Waals surface area contributed by atoms with Gasteiger partial charge in [-0.25, -0.2) is 14.6 Å². The molecule has 18 heavy (non-hydrogen) atoms. The molecule has 98 valence electrons. The second-order valence-corrected chi connectivity index (χ2v) is 5.47. The third-order valence-corrected chi connectivity index (χ3v) is 3.89. The molecule has 1 fully saturated rings. The summed E-state index contributed by atoms with van der Waals surface area (Å²) >= 11 is 1.51. The maximum atomic E-state index is 11.6. The zero-order valence-electron chi connectivity index (χ0n) is 10.0. The first-order valence-corrected chi connectivity index (χ1v) is 6.60. The Morgan fingerprint density at radius 3 is 2.72 bits per heavy atom. The summed E-state index contributed by atoms with van der Waals surface area (Å²) in [6.45, 7) is 2.20. The quantitative estimate of drug-likeness (QED) is 0.767. The molecule has 1 aromatic heterocycles. The van der Waals surface area contributed by atoms with E-state index in [4.69, 9.17) is 5.11 Å². The highest BCUT2D eigenvalue weighted by Crippen LogP contribution is 2.31. The Morgan fingerprint density at radius 2 is 2.28 bits per heavy atom. The van der Waals surface area contributed by atoms with E-state index >= 15 is 0 Å². The van der Waals surface area contributed by atoms with E-state index in [-0.39, 0.29) is 0 Å². The van der Waals surface area contributed by atoms with Crippen LogP contribution in [0.1, 0.15) is 30.0 Å². The summed E-state index contributed by atoms with van der Waals surface area (Å²) in [6, 6.07) is -0.456. The number of aromatic nitrogens is 1. The molecule has 1 aromatic rings. The lowest BCUT2D eigenvalue weighted by molar-refractivity contribution is -0.148. The standard InChI is InChI=1S/C11H15N3O3S/c1-7-13-8(6-18-7)5-12-10(17)14-11(9(15)16)3-2-4-11/h6H,2-5H2,1H3,(H,15,16)(H2,12,14,17). The summed E-state index contributed by atoms with van der Waals surface area (Å²) in [4.78, 5) is 26.9. The first kappa shape index (κ1) is 12.8. The van der Waals surface area contributed by atoms with Crippen molar-refractivity contribution < 1.29 is 14.7 Å². The van der Waals surface area contributed by atoms with Gasteiger partial charge in [-0.3, -0.25) is 0 Å². The van der Waals surface area contributed by atoms with Gasteiger partial charge < -0.3 is 15.7 Å². The Balaban J connectivity index is 1.83. The van der Waals surface area contributed by atoms with E-state index in [0.29, 0.717) is 19.4 Å². The molecule has 2 rings (SSSR count). The molecule has 0 bridgehead atoms. The van der Waals surface area contributed by atoms with E-state index in [0.717, 1.165) is 17.1 Å². The smallest absolute Gasteiger partial charge is 0.329 e. The second kappa shape index (κ2) is 4.93. The number of nitrogens with one attached hydrogen (secondary N) is 2. The van der Waals surface area contributed by atoms with Crippen LogP contribution in [-0.4, -0.2) is 27.6 Å². The molecule has 0 unspecified atom stereocenters. The van der Waals surface area contributed by atoms with Gasteiger partial charge in [0.05, 0.1) is 17.2 Å². The normalized spacial score (nSPS) is 16.7. The highest BCUT2D eigenvalue weighted by Gasteiger charge is 2.45. The molecule has 7 heteroatoms. The molecule has 3 N–H and O–H groups in total. The lowest BCUT2D eigenvalue weighted by atomic mass is 9.77. The number of hydrogen-bond acceptors (Lipinski definition) is 4. The Kier molecular flexibility index (Phi) is 3.51. The van der Waals surface area contributed by atoms with E-state index in [1.54, 1.807) is 0 Å². The maximum Gasteiger partial charge on any atom is 0.329 e. The number of thiazole rings is 1. The van der Waals surface area contributed by atoms with Crippen molar-refractivity contribution >= 4 is 23.3 Å². The third-order valence-electron chi connectivity index (χ3n) is 3.07. The van der Waals surface area contributed by atoms with Crippen LogP contribution in [0.4, 0.5) is 4.79 Å². The summed E-state index contributed by atoms with van der Waals surface area (Å²) in [7, 11) is 0. The first-order valence-electron chi connectivity index (χ1n) is 5.72. The van der Waals surface area contributed by atoms with Gasteiger partial charge in [0.15, 0.2) is 0 Å². The number of carbonyl (C=O) groups excluding carboxylic acids is 1. The van der Waals surface area contributed by atoms with E-state index in [2.05, 4.69) is 15.6 Å². The molecule has 1 aliphatic rings. The number of urea groups is 1. The van der Waals surface area contributed by atoms with Crippen molar-refractivity contribution in [2.75, 3.05) is 0 Å². The van der Waals surface area contributed by atoms with Crippen LogP contribution in [-0.2, 0) is 11.3 Å². The largest absolute Gasteiger partial charge is 0.480 e. The van der Waals surface area contributed by atoms with E-state index in [1.165, 1.54) is 11.3 Å². The molecule has 1 aliphatic carbocycles. The summed E-state index contributed by atoms with van der Waals surface area (Å²) < 4.78 is 0. The number of carboxylic acids is 1. The fourth-order valence-electron chi connectivity index (χ4n) is 1.84. The van der Waals surface area contributed by atoms with Crippen molar-refractivity contribution in [1.29, 1.82) is 0 Å². The van der Waals surface area contributed by atoms with Crippen molar-refractivity contribution in [2.24, 2.45) is 0 Å². The fraction of sp³-hybridized carbons (Fsp3) is 0.545. The molecule has 0 spiro atoms. The van der Waals surface area contributed by atoms with Crippen LogP contribution in [0.25, 0.3) is 0 Å². The van der Waals surface area contributed by atoms with Gasteiger partial charge in [-0.2, -0.15) is 0 Å². The van der Waals surface area contributed by atoms with Crippen LogP contribution in [0.15, 0.2) is 5.38 Å². The number of hydrogen-bond donors (Lipinski definition) is 3. The molecule has 0 saturated heterocycles. The molecule has 6 nitrogen and oxygen atoms in total. The van der Waals surface area contributed by atoms with Gasteiger partial charge in [-0.15, -0.1) is 11.3 Å². The molecular weight excluding hydrogens is 254 g/mol. The molecule has 0 radical (unpaired) electrons. The number of aliphatic carboxylic acids is 1. The predicted molar refractivity (Wildman–Crippen MR) is 66.4 cm³/mol. The molecule has 2 amide bonds. The average Bonchev–Trinajstić information content (AvgIpc) is 2.66. The van der Waals surface area contributed by atoms with Crippen molar-refractivity contribution in [3.63, 3.8) is 0 Å². The number of amides is 2. The van der Waals surface area contributed by atoms with Crippen molar-refractivity contribution in [1.82, 2.24) is 15.6 Å². The summed E-state index contributed by atoms with van der Waals surface area (Å²) in [5, 5.41) is 17.0. The average molecular weight is 269 g/mol. The number of carboxylic acid groups (broad SMARTS) is 1. The van der Waals surface area contributed by atoms with E-state index in [1.807, 2.05) is 12.3 Å². The lowest BCUT2D eigenvalue weighted by Crippen LogP contribution is -2.61. The van der Waals surface area contributed by atoms with Crippen molar-refractivity contribution in [3.05, 3.63) is 16.1 Å². The zero-order chi connectivity index (χ0) is 13.2. The SMILES string of the molecule is Cc1nc(CNC(=O)NC2(C(=O)O)CCC2)cs1. The van der Waals surface area contributed by atoms with Crippen LogP contribution in [0.2, 0.25) is 0 Å². The monoisotopic (exact) mass is 269 g/mol. The number of aryl methyl sites for hydroxylation is 1. The van der Waals surface area contributed by atoms with Gasteiger partial charge >= 0.3 is 12.0 Å². The molecule has 0 atom stereocenters. The van der Waals surface area contributed by atoms with E-state index in [9.17, 15) is 9.59 Å². The minimum absolute atomic E-state index is 0.311. The van der Waals surface area contributed by atoms with Crippen LogP contribution >= 0.6 is 11.3 Å². The zero-order valence-corrected chi connectivity index (χ0v) is 10.8. The third kappa shape index (κ3) is 2.61. The Morgan fingerprint density at radius 1 is 1.56 bits per heavy atom. The van der Waals surface area contributed by atoms with Gasteiger partial charge in [-0.1, -0.05) is 0 Å². The predicted octanol–water partition coefficient (Wildman–Crippen LogP) is 1.26. The minimum Gasteiger partial charge on any atom is -0.480 e. The van der Waals surface area contributed by atoms with Gasteiger partial charge in [0, 0.05) is 5.38 Å². The van der Waals surface area contributed by atoms with Gasteiger partial charge in [0.2, 0.25) is 0 Å². The van der Waals surface area contributed by atoms with Crippen molar-refractivity contribution in [3.8, 4) is 0 Å². The van der Waals surface area contributed by atoms with E-state index < -0.39 is 17.5 Å². The highest BCUT2D eigenvalue weighted by molar-refractivity contribution is 7.09. The van der Waals surface area contributed by atoms with Crippen LogP contribution < -0.4 is 10.6 Å². The lowest BCUT2D eigenvalue weighted by Gasteiger charge is -2.38. The maximum absolute atomic E-state index is 11.6. The number of nitrogens with zero attached hydrogens (tertiary/aromatic N) is 1. The van der Waals surface area contributed by atoms with Gasteiger partial charge in [0.1, 0.15) is 5.54 Å². The first-order chi connectivity index (χ1) is 8.52. The van der Waals surface area contributed by atoms with Gasteiger partial charge in [0.25, 0.3) is 0 Å². The molecular formula is C11H15N3O3S. The van der Waals surface area contributed by atoms with Gasteiger partial charge in [-0.05, 0) is 26.2 Å². The van der Waals surface area contributed by atoms with Crippen LogP contribution in [0.3, 0.4) is 0 Å². The van der Waals surface area contributed by atoms with Crippen LogP contribution in [0, 0.1) is 6.92 Å². The molecule has 1 heterocycles. The number of carbonyl (C=O) groups is 2. The molecule has 0 aromatic carbocycles. The topological polar surface area (TPSA) is 91.3 Å². The Labute approximate surface area is 108 Å². The van der Waals surface area contributed by atoms with Crippen LogP contribution in [0.5, 0.6) is 0 Å². The summed E-state index contributed by atoms with van der Waals surface area (Å²) in [5.41, 5.74) is -0.284. The second-order valence-electron chi connectivity index (χ2n) is 4.41. The highest BCUT2D eigenvalue weighted by atomic mass is 32.1. The fourth-order valence-corrected chi connectivity index (χ4v) is 2.46. The minimum atomic E-state index is -1.07. The Bertz CT molecular complexity index is 468. The van der Waals surface area contributed by atoms with Crippen molar-refractivity contribution in [2.45, 2.75) is 38.3 Å². The Hall–Kier alpha value is -1.63. The number of rotatable bonds is 4. The molecule has 0 aliphatic heterocycles. The summed E-state index contributed by atoms with van der Waals surface area (Å²) in [5.74, 6) is -0.964. The molecule has 1 saturated carbocycles.